The Morgan fingerprint density at radius 1 is 1.15 bits per heavy atom. The van der Waals surface area contributed by atoms with Gasteiger partial charge in [0.15, 0.2) is 5.82 Å². The van der Waals surface area contributed by atoms with Crippen LogP contribution in [0.2, 0.25) is 0 Å². The molecule has 3 aromatic heterocycles. The molecule has 0 unspecified atom stereocenters. The second-order valence-electron chi connectivity index (χ2n) is 8.61. The number of rotatable bonds is 7. The first kappa shape index (κ1) is 22.3. The zero-order valence-corrected chi connectivity index (χ0v) is 19.6. The van der Waals surface area contributed by atoms with Crippen molar-refractivity contribution < 1.29 is 14.3 Å². The molecule has 1 N–H and O–H groups in total. The molecule has 4 heterocycles. The van der Waals surface area contributed by atoms with Gasteiger partial charge in [0.1, 0.15) is 0 Å². The Labute approximate surface area is 199 Å². The summed E-state index contributed by atoms with van der Waals surface area (Å²) in [5.41, 5.74) is 5.00. The number of amides is 1. The molecule has 1 aliphatic carbocycles. The summed E-state index contributed by atoms with van der Waals surface area (Å²) in [7, 11) is 0. The normalized spacial score (nSPS) is 15.8. The van der Waals surface area contributed by atoms with E-state index in [0.29, 0.717) is 42.9 Å². The fraction of sp³-hybridized carbons (Fsp3) is 0.385. The van der Waals surface area contributed by atoms with Crippen LogP contribution in [0.15, 0.2) is 42.7 Å². The predicted octanol–water partition coefficient (Wildman–Crippen LogP) is 4.21. The third-order valence-corrected chi connectivity index (χ3v) is 6.13. The first-order valence-corrected chi connectivity index (χ1v) is 11.8. The van der Waals surface area contributed by atoms with Gasteiger partial charge in [-0.05, 0) is 56.5 Å². The lowest BCUT2D eigenvalue weighted by molar-refractivity contribution is 0.102. The number of hydrogen-bond acceptors (Lipinski definition) is 7. The van der Waals surface area contributed by atoms with Gasteiger partial charge in [-0.15, -0.1) is 0 Å². The monoisotopic (exact) mass is 459 g/mol. The third-order valence-electron chi connectivity index (χ3n) is 6.13. The van der Waals surface area contributed by atoms with Crippen LogP contribution in [0.5, 0.6) is 5.88 Å². The van der Waals surface area contributed by atoms with Crippen LogP contribution in [0.4, 0.5) is 11.5 Å². The van der Waals surface area contributed by atoms with Gasteiger partial charge in [0.25, 0.3) is 5.91 Å². The van der Waals surface area contributed by atoms with Gasteiger partial charge in [-0.1, -0.05) is 0 Å². The van der Waals surface area contributed by atoms with E-state index in [1.165, 1.54) is 0 Å². The minimum absolute atomic E-state index is 0.167. The van der Waals surface area contributed by atoms with E-state index < -0.39 is 0 Å². The summed E-state index contributed by atoms with van der Waals surface area (Å²) in [5.74, 6) is 1.63. The summed E-state index contributed by atoms with van der Waals surface area (Å²) >= 11 is 0. The van der Waals surface area contributed by atoms with Crippen molar-refractivity contribution in [1.29, 1.82) is 0 Å². The first-order chi connectivity index (χ1) is 16.6. The zero-order chi connectivity index (χ0) is 23.5. The highest BCUT2D eigenvalue weighted by molar-refractivity contribution is 6.06. The molecule has 8 heteroatoms. The van der Waals surface area contributed by atoms with Crippen LogP contribution in [0.25, 0.3) is 11.1 Å². The molecule has 2 fully saturated rings. The number of morpholine rings is 1. The van der Waals surface area contributed by atoms with Gasteiger partial charge in [-0.2, -0.15) is 0 Å². The lowest BCUT2D eigenvalue weighted by Gasteiger charge is -2.30. The van der Waals surface area contributed by atoms with Crippen molar-refractivity contribution in [2.24, 2.45) is 0 Å². The van der Waals surface area contributed by atoms with Gasteiger partial charge in [0.2, 0.25) is 5.88 Å². The SMILES string of the molecule is CCOc1cc(-c2cc(NC(=O)c3ccnc(C4CC4)c3)c(N3CCOCC3)nc2C)ccn1. The molecule has 34 heavy (non-hydrogen) atoms. The summed E-state index contributed by atoms with van der Waals surface area (Å²) in [6.07, 6.45) is 5.72. The number of pyridine rings is 3. The molecule has 0 bridgehead atoms. The largest absolute Gasteiger partial charge is 0.478 e. The Balaban J connectivity index is 1.51. The highest BCUT2D eigenvalue weighted by Gasteiger charge is 2.26. The van der Waals surface area contributed by atoms with Gasteiger partial charge in [0, 0.05) is 60.0 Å². The van der Waals surface area contributed by atoms with Crippen LogP contribution in [0, 0.1) is 6.92 Å². The van der Waals surface area contributed by atoms with Crippen molar-refractivity contribution in [3.05, 3.63) is 59.7 Å². The molecule has 5 rings (SSSR count). The average Bonchev–Trinajstić information content (AvgIpc) is 3.72. The topological polar surface area (TPSA) is 89.5 Å². The van der Waals surface area contributed by atoms with E-state index in [1.54, 1.807) is 18.5 Å². The fourth-order valence-electron chi connectivity index (χ4n) is 4.18. The van der Waals surface area contributed by atoms with Crippen molar-refractivity contribution in [2.45, 2.75) is 32.6 Å². The summed E-state index contributed by atoms with van der Waals surface area (Å²) < 4.78 is 11.1. The van der Waals surface area contributed by atoms with E-state index in [-0.39, 0.29) is 5.91 Å². The Kier molecular flexibility index (Phi) is 6.40. The van der Waals surface area contributed by atoms with Gasteiger partial charge in [-0.3, -0.25) is 9.78 Å². The predicted molar refractivity (Wildman–Crippen MR) is 131 cm³/mol. The lowest BCUT2D eigenvalue weighted by Crippen LogP contribution is -2.37. The number of carbonyl (C=O) groups is 1. The third kappa shape index (κ3) is 4.87. The van der Waals surface area contributed by atoms with Crippen LogP contribution in [-0.2, 0) is 4.74 Å². The Morgan fingerprint density at radius 3 is 2.71 bits per heavy atom. The quantitative estimate of drug-likeness (QED) is 0.566. The summed E-state index contributed by atoms with van der Waals surface area (Å²) in [5, 5.41) is 3.13. The van der Waals surface area contributed by atoms with Crippen molar-refractivity contribution in [3.8, 4) is 17.0 Å². The maximum absolute atomic E-state index is 13.3. The van der Waals surface area contributed by atoms with Crippen LogP contribution in [-0.4, -0.2) is 53.8 Å². The molecule has 2 aliphatic rings. The molecule has 3 aromatic rings. The van der Waals surface area contributed by atoms with Crippen LogP contribution in [0.1, 0.15) is 47.4 Å². The highest BCUT2D eigenvalue weighted by Crippen LogP contribution is 2.39. The van der Waals surface area contributed by atoms with Gasteiger partial charge < -0.3 is 19.7 Å². The summed E-state index contributed by atoms with van der Waals surface area (Å²) in [6.45, 7) is 7.16. The second kappa shape index (κ2) is 9.77. The van der Waals surface area contributed by atoms with Crippen LogP contribution in [0.3, 0.4) is 0 Å². The molecule has 0 atom stereocenters. The molecule has 1 aliphatic heterocycles. The Bertz CT molecular complexity index is 1190. The average molecular weight is 460 g/mol. The van der Waals surface area contributed by atoms with Gasteiger partial charge >= 0.3 is 0 Å². The van der Waals surface area contributed by atoms with Crippen molar-refractivity contribution in [2.75, 3.05) is 43.1 Å². The minimum Gasteiger partial charge on any atom is -0.478 e. The van der Waals surface area contributed by atoms with Crippen LogP contribution < -0.4 is 15.0 Å². The van der Waals surface area contributed by atoms with E-state index in [2.05, 4.69) is 20.2 Å². The molecule has 0 spiro atoms. The lowest BCUT2D eigenvalue weighted by atomic mass is 10.0. The number of aromatic nitrogens is 3. The van der Waals surface area contributed by atoms with E-state index in [1.807, 2.05) is 38.1 Å². The number of nitrogens with zero attached hydrogens (tertiary/aromatic N) is 4. The summed E-state index contributed by atoms with van der Waals surface area (Å²) in [6, 6.07) is 9.49. The molecule has 1 saturated heterocycles. The molecule has 0 aromatic carbocycles. The van der Waals surface area contributed by atoms with Crippen molar-refractivity contribution in [1.82, 2.24) is 15.0 Å². The maximum atomic E-state index is 13.3. The van der Waals surface area contributed by atoms with Crippen LogP contribution >= 0.6 is 0 Å². The smallest absolute Gasteiger partial charge is 0.255 e. The second-order valence-corrected chi connectivity index (χ2v) is 8.61. The molecule has 1 saturated carbocycles. The highest BCUT2D eigenvalue weighted by atomic mass is 16.5. The molecule has 0 radical (unpaired) electrons. The standard InChI is InChI=1S/C26H29N5O3/c1-3-34-24-15-19(6-9-28-24)21-16-23(25(29-17(21)2)31-10-12-33-13-11-31)30-26(32)20-7-8-27-22(14-20)18-4-5-18/h6-9,14-16,18H,3-5,10-13H2,1-2H3,(H,30,32). The molecular formula is C26H29N5O3. The summed E-state index contributed by atoms with van der Waals surface area (Å²) in [4.78, 5) is 29.1. The maximum Gasteiger partial charge on any atom is 0.255 e. The number of aryl methyl sites for hydroxylation is 1. The van der Waals surface area contributed by atoms with Gasteiger partial charge in [0.05, 0.1) is 25.5 Å². The Hall–Kier alpha value is -3.52. The number of hydrogen-bond donors (Lipinski definition) is 1. The van der Waals surface area contributed by atoms with E-state index in [0.717, 1.165) is 54.3 Å². The van der Waals surface area contributed by atoms with E-state index in [4.69, 9.17) is 14.5 Å². The molecular weight excluding hydrogens is 430 g/mol. The molecule has 1 amide bonds. The number of nitrogens with one attached hydrogen (secondary N) is 1. The molecule has 8 nitrogen and oxygen atoms in total. The fourth-order valence-corrected chi connectivity index (χ4v) is 4.18. The number of anilines is 2. The number of ether oxygens (including phenoxy) is 2. The number of carbonyl (C=O) groups excluding carboxylic acids is 1. The van der Waals surface area contributed by atoms with E-state index >= 15 is 0 Å². The van der Waals surface area contributed by atoms with Crippen molar-refractivity contribution >= 4 is 17.4 Å². The first-order valence-electron chi connectivity index (χ1n) is 11.8. The van der Waals surface area contributed by atoms with E-state index in [9.17, 15) is 4.79 Å². The van der Waals surface area contributed by atoms with Crippen molar-refractivity contribution in [3.63, 3.8) is 0 Å². The Morgan fingerprint density at radius 2 is 1.94 bits per heavy atom. The minimum atomic E-state index is -0.167. The molecule has 176 valence electrons. The zero-order valence-electron chi connectivity index (χ0n) is 19.6. The van der Waals surface area contributed by atoms with Gasteiger partial charge in [-0.25, -0.2) is 9.97 Å².